The number of hydrogen-bond acceptors (Lipinski definition) is 4. The number of benzene rings is 1. The van der Waals surface area contributed by atoms with Crippen LogP contribution in [-0.2, 0) is 22.6 Å². The van der Waals surface area contributed by atoms with Crippen molar-refractivity contribution < 1.29 is 14.3 Å². The van der Waals surface area contributed by atoms with Crippen molar-refractivity contribution in [1.82, 2.24) is 9.88 Å². The van der Waals surface area contributed by atoms with Crippen molar-refractivity contribution >= 4 is 33.6 Å². The Morgan fingerprint density at radius 1 is 1.20 bits per heavy atom. The third kappa shape index (κ3) is 3.11. The Balaban J connectivity index is 1.54. The lowest BCUT2D eigenvalue weighted by Crippen LogP contribution is -2.47. The standard InChI is InChI=1S/C18H16BrN3O3/c19-15-6-5-14-18(20-15)22(17(24)11-25-14)10-16(23)21-8-7-12-3-1-2-4-13(12)9-21/h1-6H,7-11H2. The molecule has 2 aliphatic rings. The van der Waals surface area contributed by atoms with E-state index in [0.29, 0.717) is 29.3 Å². The Kier molecular flexibility index (Phi) is 4.17. The molecule has 1 aromatic carbocycles. The minimum Gasteiger partial charge on any atom is -0.480 e. The van der Waals surface area contributed by atoms with Crippen LogP contribution in [0.5, 0.6) is 5.75 Å². The molecule has 2 aromatic rings. The molecule has 25 heavy (non-hydrogen) atoms. The maximum Gasteiger partial charge on any atom is 0.266 e. The van der Waals surface area contributed by atoms with Gasteiger partial charge in [-0.15, -0.1) is 0 Å². The summed E-state index contributed by atoms with van der Waals surface area (Å²) in [6, 6.07) is 11.6. The van der Waals surface area contributed by atoms with Gasteiger partial charge in [0.05, 0.1) is 0 Å². The summed E-state index contributed by atoms with van der Waals surface area (Å²) >= 11 is 3.30. The number of rotatable bonds is 2. The van der Waals surface area contributed by atoms with Crippen molar-refractivity contribution in [3.8, 4) is 5.75 Å². The number of anilines is 1. The van der Waals surface area contributed by atoms with Gasteiger partial charge in [0.25, 0.3) is 5.91 Å². The van der Waals surface area contributed by atoms with E-state index in [-0.39, 0.29) is 25.0 Å². The normalized spacial score (nSPS) is 16.1. The summed E-state index contributed by atoms with van der Waals surface area (Å²) in [6.45, 7) is 1.13. The third-order valence-electron chi connectivity index (χ3n) is 4.49. The minimum absolute atomic E-state index is 0.0270. The van der Waals surface area contributed by atoms with Gasteiger partial charge in [-0.05, 0) is 45.6 Å². The zero-order valence-corrected chi connectivity index (χ0v) is 15.0. The third-order valence-corrected chi connectivity index (χ3v) is 4.93. The first-order valence-corrected chi connectivity index (χ1v) is 8.85. The molecule has 2 amide bonds. The number of pyridine rings is 1. The maximum atomic E-state index is 12.8. The van der Waals surface area contributed by atoms with Crippen LogP contribution in [0.4, 0.5) is 5.82 Å². The Bertz CT molecular complexity index is 855. The molecule has 6 nitrogen and oxygen atoms in total. The molecule has 0 fully saturated rings. The molecule has 0 N–H and O–H groups in total. The van der Waals surface area contributed by atoms with Crippen molar-refractivity contribution in [2.24, 2.45) is 0 Å². The first kappa shape index (κ1) is 16.1. The van der Waals surface area contributed by atoms with E-state index in [1.54, 1.807) is 17.0 Å². The van der Waals surface area contributed by atoms with E-state index >= 15 is 0 Å². The number of carbonyl (C=O) groups excluding carboxylic acids is 2. The average molecular weight is 402 g/mol. The van der Waals surface area contributed by atoms with Crippen LogP contribution in [-0.4, -0.2) is 41.4 Å². The van der Waals surface area contributed by atoms with Gasteiger partial charge >= 0.3 is 0 Å². The molecular formula is C18H16BrN3O3. The molecule has 0 saturated carbocycles. The second-order valence-electron chi connectivity index (χ2n) is 6.06. The van der Waals surface area contributed by atoms with E-state index in [2.05, 4.69) is 27.0 Å². The zero-order valence-electron chi connectivity index (χ0n) is 13.4. The quantitative estimate of drug-likeness (QED) is 0.723. The molecule has 2 aliphatic heterocycles. The lowest BCUT2D eigenvalue weighted by atomic mass is 10.00. The van der Waals surface area contributed by atoms with Gasteiger partial charge in [0.1, 0.15) is 11.1 Å². The monoisotopic (exact) mass is 401 g/mol. The molecule has 128 valence electrons. The average Bonchev–Trinajstić information content (AvgIpc) is 2.63. The van der Waals surface area contributed by atoms with E-state index in [4.69, 9.17) is 4.74 Å². The Labute approximate surface area is 153 Å². The lowest BCUT2D eigenvalue weighted by molar-refractivity contribution is -0.132. The van der Waals surface area contributed by atoms with Gasteiger partial charge in [0.15, 0.2) is 18.2 Å². The number of ether oxygens (including phenoxy) is 1. The van der Waals surface area contributed by atoms with Gasteiger partial charge in [-0.25, -0.2) is 4.98 Å². The van der Waals surface area contributed by atoms with E-state index in [9.17, 15) is 9.59 Å². The van der Waals surface area contributed by atoms with Crippen LogP contribution in [0.25, 0.3) is 0 Å². The number of hydrogen-bond donors (Lipinski definition) is 0. The number of nitrogens with zero attached hydrogens (tertiary/aromatic N) is 3. The number of carbonyl (C=O) groups is 2. The highest BCUT2D eigenvalue weighted by molar-refractivity contribution is 9.10. The summed E-state index contributed by atoms with van der Waals surface area (Å²) in [4.78, 5) is 32.5. The summed E-state index contributed by atoms with van der Waals surface area (Å²) in [6.07, 6.45) is 0.833. The smallest absolute Gasteiger partial charge is 0.266 e. The van der Waals surface area contributed by atoms with Crippen LogP contribution in [0.1, 0.15) is 11.1 Å². The van der Waals surface area contributed by atoms with Crippen LogP contribution < -0.4 is 9.64 Å². The summed E-state index contributed by atoms with van der Waals surface area (Å²) in [5.74, 6) is 0.553. The number of amides is 2. The first-order chi connectivity index (χ1) is 12.1. The molecule has 0 unspecified atom stereocenters. The summed E-state index contributed by atoms with van der Waals surface area (Å²) in [5.41, 5.74) is 2.45. The van der Waals surface area contributed by atoms with Crippen LogP contribution in [0.2, 0.25) is 0 Å². The molecule has 0 bridgehead atoms. The van der Waals surface area contributed by atoms with E-state index in [1.165, 1.54) is 10.5 Å². The second-order valence-corrected chi connectivity index (χ2v) is 6.87. The SMILES string of the molecule is O=C(CN1C(=O)COc2ccc(Br)nc21)N1CCc2ccccc2C1. The summed E-state index contributed by atoms with van der Waals surface area (Å²) in [7, 11) is 0. The molecule has 0 radical (unpaired) electrons. The van der Waals surface area contributed by atoms with Crippen molar-refractivity contribution in [2.45, 2.75) is 13.0 Å². The van der Waals surface area contributed by atoms with Crippen molar-refractivity contribution in [3.05, 3.63) is 52.1 Å². The van der Waals surface area contributed by atoms with Crippen LogP contribution in [0.3, 0.4) is 0 Å². The zero-order chi connectivity index (χ0) is 17.4. The van der Waals surface area contributed by atoms with Gasteiger partial charge < -0.3 is 9.64 Å². The van der Waals surface area contributed by atoms with Crippen LogP contribution in [0, 0.1) is 0 Å². The van der Waals surface area contributed by atoms with Crippen LogP contribution >= 0.6 is 15.9 Å². The van der Waals surface area contributed by atoms with Gasteiger partial charge in [-0.3, -0.25) is 14.5 Å². The highest BCUT2D eigenvalue weighted by Gasteiger charge is 2.31. The van der Waals surface area contributed by atoms with Crippen molar-refractivity contribution in [3.63, 3.8) is 0 Å². The highest BCUT2D eigenvalue weighted by atomic mass is 79.9. The number of halogens is 1. The summed E-state index contributed by atoms with van der Waals surface area (Å²) < 4.78 is 5.99. The fourth-order valence-corrected chi connectivity index (χ4v) is 3.46. The molecule has 7 heteroatoms. The van der Waals surface area contributed by atoms with E-state index in [1.807, 2.05) is 18.2 Å². The number of aromatic nitrogens is 1. The summed E-state index contributed by atoms with van der Waals surface area (Å²) in [5, 5.41) is 0. The second kappa shape index (κ2) is 6.48. The maximum absolute atomic E-state index is 12.8. The minimum atomic E-state index is -0.260. The predicted molar refractivity (Wildman–Crippen MR) is 95.3 cm³/mol. The van der Waals surface area contributed by atoms with Gasteiger partial charge in [-0.2, -0.15) is 0 Å². The molecule has 0 atom stereocenters. The largest absolute Gasteiger partial charge is 0.480 e. The van der Waals surface area contributed by atoms with Gasteiger partial charge in [0.2, 0.25) is 5.91 Å². The topological polar surface area (TPSA) is 62.7 Å². The Morgan fingerprint density at radius 2 is 2.00 bits per heavy atom. The first-order valence-electron chi connectivity index (χ1n) is 8.06. The van der Waals surface area contributed by atoms with Crippen molar-refractivity contribution in [2.75, 3.05) is 24.6 Å². The molecule has 0 spiro atoms. The lowest BCUT2D eigenvalue weighted by Gasteiger charge is -2.32. The molecule has 0 aliphatic carbocycles. The fraction of sp³-hybridized carbons (Fsp3) is 0.278. The Morgan fingerprint density at radius 3 is 2.84 bits per heavy atom. The molecule has 3 heterocycles. The van der Waals surface area contributed by atoms with Crippen molar-refractivity contribution in [1.29, 1.82) is 0 Å². The Hall–Kier alpha value is -2.41. The molecular weight excluding hydrogens is 386 g/mol. The predicted octanol–water partition coefficient (Wildman–Crippen LogP) is 2.15. The van der Waals surface area contributed by atoms with Gasteiger partial charge in [0, 0.05) is 13.1 Å². The molecule has 1 aromatic heterocycles. The van der Waals surface area contributed by atoms with Gasteiger partial charge in [-0.1, -0.05) is 24.3 Å². The van der Waals surface area contributed by atoms with E-state index in [0.717, 1.165) is 12.0 Å². The molecule has 4 rings (SSSR count). The van der Waals surface area contributed by atoms with Crippen LogP contribution in [0.15, 0.2) is 41.0 Å². The fourth-order valence-electron chi connectivity index (χ4n) is 3.16. The molecule has 0 saturated heterocycles. The number of fused-ring (bicyclic) bond motifs is 2. The highest BCUT2D eigenvalue weighted by Crippen LogP contribution is 2.31. The van der Waals surface area contributed by atoms with E-state index < -0.39 is 0 Å².